The summed E-state index contributed by atoms with van der Waals surface area (Å²) in [6, 6.07) is 0. The lowest BCUT2D eigenvalue weighted by Crippen LogP contribution is -2.43. The third-order valence-electron chi connectivity index (χ3n) is 2.81. The molecule has 0 amide bonds. The van der Waals surface area contributed by atoms with Crippen molar-refractivity contribution in [1.29, 1.82) is 0 Å². The molecule has 1 aliphatic heterocycles. The standard InChI is InChI=1S/C9H19N3O3/c1-7-2-4-12(6-8(7)13)5-3-9(14)15-11-10/h7-8,11,13H,2-6,10H2,1H3. The van der Waals surface area contributed by atoms with Crippen molar-refractivity contribution in [3.8, 4) is 0 Å². The summed E-state index contributed by atoms with van der Waals surface area (Å²) < 4.78 is 0. The van der Waals surface area contributed by atoms with Crippen LogP contribution in [-0.2, 0) is 9.63 Å². The van der Waals surface area contributed by atoms with Crippen molar-refractivity contribution in [3.05, 3.63) is 0 Å². The SMILES string of the molecule is CC1CCN(CCC(=O)ONN)CC1O. The molecular weight excluding hydrogens is 198 g/mol. The van der Waals surface area contributed by atoms with Crippen LogP contribution in [0.15, 0.2) is 0 Å². The van der Waals surface area contributed by atoms with Crippen molar-refractivity contribution in [1.82, 2.24) is 10.5 Å². The summed E-state index contributed by atoms with van der Waals surface area (Å²) in [5, 5.41) is 9.63. The van der Waals surface area contributed by atoms with E-state index in [9.17, 15) is 9.90 Å². The molecule has 0 aliphatic carbocycles. The minimum absolute atomic E-state index is 0.283. The molecule has 6 heteroatoms. The van der Waals surface area contributed by atoms with E-state index >= 15 is 0 Å². The number of β-amino-alcohol motifs (C(OH)–C–C–N with tert-alkyl or cyclic N) is 1. The molecule has 0 radical (unpaired) electrons. The molecule has 0 aromatic carbocycles. The average Bonchev–Trinajstić information content (AvgIpc) is 2.20. The van der Waals surface area contributed by atoms with E-state index in [1.165, 1.54) is 0 Å². The Labute approximate surface area is 89.3 Å². The maximum atomic E-state index is 11.0. The zero-order valence-corrected chi connectivity index (χ0v) is 8.98. The van der Waals surface area contributed by atoms with Crippen molar-refractivity contribution < 1.29 is 14.7 Å². The largest absolute Gasteiger partial charge is 0.392 e. The summed E-state index contributed by atoms with van der Waals surface area (Å²) in [6.45, 7) is 4.19. The summed E-state index contributed by atoms with van der Waals surface area (Å²) in [5.74, 6) is 4.79. The Balaban J connectivity index is 2.19. The molecule has 4 N–H and O–H groups in total. The van der Waals surface area contributed by atoms with Crippen molar-refractivity contribution in [2.45, 2.75) is 25.9 Å². The highest BCUT2D eigenvalue weighted by atomic mass is 16.7. The zero-order valence-electron chi connectivity index (χ0n) is 8.98. The van der Waals surface area contributed by atoms with Gasteiger partial charge in [0.2, 0.25) is 0 Å². The fraction of sp³-hybridized carbons (Fsp3) is 0.889. The Kier molecular flexibility index (Phi) is 4.97. The van der Waals surface area contributed by atoms with Gasteiger partial charge in [-0.15, -0.1) is 0 Å². The predicted molar refractivity (Wildman–Crippen MR) is 54.3 cm³/mol. The molecule has 1 heterocycles. The molecule has 0 aromatic rings. The summed E-state index contributed by atoms with van der Waals surface area (Å²) in [7, 11) is 0. The molecule has 0 spiro atoms. The van der Waals surface area contributed by atoms with Crippen LogP contribution in [0.1, 0.15) is 19.8 Å². The van der Waals surface area contributed by atoms with Crippen molar-refractivity contribution in [2.75, 3.05) is 19.6 Å². The quantitative estimate of drug-likeness (QED) is 0.413. The van der Waals surface area contributed by atoms with E-state index in [0.717, 1.165) is 13.0 Å². The molecule has 88 valence electrons. The molecule has 0 bridgehead atoms. The van der Waals surface area contributed by atoms with Gasteiger partial charge in [0.05, 0.1) is 12.5 Å². The number of piperidine rings is 1. The number of nitrogens with two attached hydrogens (primary N) is 1. The lowest BCUT2D eigenvalue weighted by Gasteiger charge is -2.33. The van der Waals surface area contributed by atoms with Crippen molar-refractivity contribution in [2.24, 2.45) is 11.8 Å². The number of likely N-dealkylation sites (tertiary alicyclic amines) is 1. The van der Waals surface area contributed by atoms with Gasteiger partial charge in [0.25, 0.3) is 0 Å². The van der Waals surface area contributed by atoms with E-state index in [-0.39, 0.29) is 18.5 Å². The molecule has 6 nitrogen and oxygen atoms in total. The topological polar surface area (TPSA) is 87.8 Å². The van der Waals surface area contributed by atoms with Gasteiger partial charge >= 0.3 is 5.97 Å². The number of hydrogen-bond acceptors (Lipinski definition) is 6. The van der Waals surface area contributed by atoms with E-state index < -0.39 is 0 Å². The van der Waals surface area contributed by atoms with Crippen LogP contribution in [0.25, 0.3) is 0 Å². The van der Waals surface area contributed by atoms with E-state index in [0.29, 0.717) is 19.0 Å². The third kappa shape index (κ3) is 4.13. The highest BCUT2D eigenvalue weighted by Crippen LogP contribution is 2.16. The molecule has 0 aromatic heterocycles. The Morgan fingerprint density at radius 3 is 3.07 bits per heavy atom. The Bertz CT molecular complexity index is 213. The lowest BCUT2D eigenvalue weighted by atomic mass is 9.96. The molecule has 15 heavy (non-hydrogen) atoms. The van der Waals surface area contributed by atoms with Gasteiger partial charge in [-0.2, -0.15) is 0 Å². The highest BCUT2D eigenvalue weighted by Gasteiger charge is 2.24. The van der Waals surface area contributed by atoms with Crippen LogP contribution in [0.5, 0.6) is 0 Å². The van der Waals surface area contributed by atoms with Gasteiger partial charge in [-0.3, -0.25) is 4.79 Å². The normalized spacial score (nSPS) is 27.7. The van der Waals surface area contributed by atoms with E-state index in [1.807, 2.05) is 12.5 Å². The minimum Gasteiger partial charge on any atom is -0.392 e. The maximum Gasteiger partial charge on any atom is 0.327 e. The second-order valence-electron chi connectivity index (χ2n) is 3.98. The fourth-order valence-corrected chi connectivity index (χ4v) is 1.68. The first kappa shape index (κ1) is 12.4. The number of hydrazine groups is 1. The minimum atomic E-state index is -0.384. The predicted octanol–water partition coefficient (Wildman–Crippen LogP) is -0.999. The third-order valence-corrected chi connectivity index (χ3v) is 2.81. The Morgan fingerprint density at radius 2 is 2.47 bits per heavy atom. The van der Waals surface area contributed by atoms with E-state index in [4.69, 9.17) is 5.84 Å². The first-order valence-corrected chi connectivity index (χ1v) is 5.19. The van der Waals surface area contributed by atoms with E-state index in [2.05, 4.69) is 9.74 Å². The molecule has 1 rings (SSSR count). The van der Waals surface area contributed by atoms with Crippen LogP contribution in [0.2, 0.25) is 0 Å². The molecular formula is C9H19N3O3. The second-order valence-corrected chi connectivity index (χ2v) is 3.98. The maximum absolute atomic E-state index is 11.0. The molecule has 1 fully saturated rings. The summed E-state index contributed by atoms with van der Waals surface area (Å²) in [5.41, 5.74) is 1.85. The van der Waals surface area contributed by atoms with Crippen LogP contribution in [-0.4, -0.2) is 41.7 Å². The summed E-state index contributed by atoms with van der Waals surface area (Å²) >= 11 is 0. The van der Waals surface area contributed by atoms with Gasteiger partial charge in [-0.05, 0) is 18.9 Å². The van der Waals surface area contributed by atoms with Crippen LogP contribution in [0.3, 0.4) is 0 Å². The zero-order chi connectivity index (χ0) is 11.3. The van der Waals surface area contributed by atoms with Crippen LogP contribution >= 0.6 is 0 Å². The van der Waals surface area contributed by atoms with Crippen molar-refractivity contribution >= 4 is 5.97 Å². The van der Waals surface area contributed by atoms with Gasteiger partial charge < -0.3 is 14.8 Å². The monoisotopic (exact) mass is 217 g/mol. The van der Waals surface area contributed by atoms with Gasteiger partial charge in [-0.1, -0.05) is 12.5 Å². The van der Waals surface area contributed by atoms with Crippen LogP contribution in [0.4, 0.5) is 0 Å². The fourth-order valence-electron chi connectivity index (χ4n) is 1.68. The molecule has 2 unspecified atom stereocenters. The number of carbonyl (C=O) groups excluding carboxylic acids is 1. The van der Waals surface area contributed by atoms with Gasteiger partial charge in [0.15, 0.2) is 0 Å². The number of nitrogens with one attached hydrogen (secondary N) is 1. The molecule has 0 saturated carbocycles. The van der Waals surface area contributed by atoms with Gasteiger partial charge in [0.1, 0.15) is 0 Å². The first-order chi connectivity index (χ1) is 7.13. The molecule has 1 saturated heterocycles. The number of aliphatic hydroxyl groups is 1. The summed E-state index contributed by atoms with van der Waals surface area (Å²) in [4.78, 5) is 17.4. The number of hydrogen-bond donors (Lipinski definition) is 3. The Morgan fingerprint density at radius 1 is 1.73 bits per heavy atom. The lowest BCUT2D eigenvalue weighted by molar-refractivity contribution is -0.151. The smallest absolute Gasteiger partial charge is 0.327 e. The van der Waals surface area contributed by atoms with Crippen molar-refractivity contribution in [3.63, 3.8) is 0 Å². The number of nitrogens with zero attached hydrogens (tertiary/aromatic N) is 1. The van der Waals surface area contributed by atoms with Crippen LogP contribution < -0.4 is 11.4 Å². The number of rotatable bonds is 4. The Hall–Kier alpha value is -0.690. The van der Waals surface area contributed by atoms with Gasteiger partial charge in [0, 0.05) is 13.1 Å². The highest BCUT2D eigenvalue weighted by molar-refractivity contribution is 5.69. The van der Waals surface area contributed by atoms with Crippen LogP contribution in [0, 0.1) is 5.92 Å². The van der Waals surface area contributed by atoms with E-state index in [1.54, 1.807) is 0 Å². The molecule has 1 aliphatic rings. The average molecular weight is 217 g/mol. The first-order valence-electron chi connectivity index (χ1n) is 5.19. The number of carbonyl (C=O) groups is 1. The molecule has 2 atom stereocenters. The second kappa shape index (κ2) is 6.02. The van der Waals surface area contributed by atoms with Gasteiger partial charge in [-0.25, -0.2) is 5.84 Å². The summed E-state index contributed by atoms with van der Waals surface area (Å²) in [6.07, 6.45) is 0.957. The number of aliphatic hydroxyl groups excluding tert-OH is 1.